The summed E-state index contributed by atoms with van der Waals surface area (Å²) in [6.07, 6.45) is 9.41. The van der Waals surface area contributed by atoms with E-state index in [-0.39, 0.29) is 0 Å². The van der Waals surface area contributed by atoms with Gasteiger partial charge in [0.2, 0.25) is 0 Å². The Hall–Kier alpha value is -0.0800. The summed E-state index contributed by atoms with van der Waals surface area (Å²) in [5.41, 5.74) is 0. The van der Waals surface area contributed by atoms with Crippen molar-refractivity contribution in [3.63, 3.8) is 0 Å². The molecule has 2 nitrogen and oxygen atoms in total. The van der Waals surface area contributed by atoms with Crippen LogP contribution in [-0.2, 0) is 0 Å². The summed E-state index contributed by atoms with van der Waals surface area (Å²) in [6.45, 7) is 9.18. The molecule has 15 heavy (non-hydrogen) atoms. The minimum atomic E-state index is 1.16. The maximum atomic E-state index is 3.50. The van der Waals surface area contributed by atoms with Gasteiger partial charge in [0.05, 0.1) is 0 Å². The highest BCUT2D eigenvalue weighted by Gasteiger charge is 1.90. The first-order valence-electron chi connectivity index (χ1n) is 6.83. The Labute approximate surface area is 96.2 Å². The van der Waals surface area contributed by atoms with Gasteiger partial charge in [-0.3, -0.25) is 0 Å². The second kappa shape index (κ2) is 13.9. The molecule has 2 heteroatoms. The smallest absolute Gasteiger partial charge is 0.00368 e. The summed E-state index contributed by atoms with van der Waals surface area (Å²) in [4.78, 5) is 0. The van der Waals surface area contributed by atoms with Crippen LogP contribution < -0.4 is 10.6 Å². The first-order valence-corrected chi connectivity index (χ1v) is 6.83. The molecule has 0 saturated heterocycles. The van der Waals surface area contributed by atoms with Gasteiger partial charge in [0, 0.05) is 0 Å². The number of hydrogen-bond donors (Lipinski definition) is 2. The Bertz CT molecular complexity index is 92.7. The second-order valence-corrected chi connectivity index (χ2v) is 4.27. The molecule has 0 atom stereocenters. The van der Waals surface area contributed by atoms with Gasteiger partial charge in [-0.1, -0.05) is 39.5 Å². The molecule has 0 bridgehead atoms. The monoisotopic (exact) mass is 214 g/mol. The van der Waals surface area contributed by atoms with Crippen LogP contribution in [0.1, 0.15) is 58.8 Å². The number of unbranched alkanes of at least 4 members (excludes halogenated alkanes) is 4. The highest BCUT2D eigenvalue weighted by Crippen LogP contribution is 2.00. The number of nitrogens with one attached hydrogen (secondary N) is 2. The van der Waals surface area contributed by atoms with E-state index in [1.165, 1.54) is 58.0 Å². The summed E-state index contributed by atoms with van der Waals surface area (Å²) in [5.74, 6) is 0. The van der Waals surface area contributed by atoms with Gasteiger partial charge >= 0.3 is 0 Å². The lowest BCUT2D eigenvalue weighted by Gasteiger charge is -2.05. The summed E-state index contributed by atoms with van der Waals surface area (Å²) in [7, 11) is 0. The fraction of sp³-hybridized carbons (Fsp3) is 1.00. The Balaban J connectivity index is 2.81. The molecule has 0 amide bonds. The number of hydrogen-bond acceptors (Lipinski definition) is 2. The quantitative estimate of drug-likeness (QED) is 0.488. The van der Waals surface area contributed by atoms with Gasteiger partial charge in [0.1, 0.15) is 0 Å². The van der Waals surface area contributed by atoms with Crippen LogP contribution in [0.4, 0.5) is 0 Å². The van der Waals surface area contributed by atoms with Crippen molar-refractivity contribution < 1.29 is 0 Å². The first-order chi connectivity index (χ1) is 7.41. The Kier molecular flexibility index (Phi) is 13.8. The summed E-state index contributed by atoms with van der Waals surface area (Å²) in [5, 5.41) is 6.91. The van der Waals surface area contributed by atoms with Crippen molar-refractivity contribution in [3.8, 4) is 0 Å². The lowest BCUT2D eigenvalue weighted by molar-refractivity contribution is 0.557. The molecule has 0 aromatic rings. The molecule has 0 heterocycles. The van der Waals surface area contributed by atoms with E-state index >= 15 is 0 Å². The van der Waals surface area contributed by atoms with Crippen LogP contribution >= 0.6 is 0 Å². The van der Waals surface area contributed by atoms with Crippen LogP contribution in [0.2, 0.25) is 0 Å². The summed E-state index contributed by atoms with van der Waals surface area (Å²) >= 11 is 0. The van der Waals surface area contributed by atoms with Crippen LogP contribution in [0.5, 0.6) is 0 Å². The van der Waals surface area contributed by atoms with Gasteiger partial charge < -0.3 is 10.6 Å². The van der Waals surface area contributed by atoms with E-state index in [4.69, 9.17) is 0 Å². The SMILES string of the molecule is CCCCCCCNCCCNCCC. The molecule has 0 aromatic carbocycles. The fourth-order valence-corrected chi connectivity index (χ4v) is 1.62. The average Bonchev–Trinajstić information content (AvgIpc) is 2.26. The van der Waals surface area contributed by atoms with Gasteiger partial charge in [-0.25, -0.2) is 0 Å². The zero-order valence-corrected chi connectivity index (χ0v) is 10.8. The van der Waals surface area contributed by atoms with Crippen molar-refractivity contribution in [1.82, 2.24) is 10.6 Å². The molecular formula is C13H30N2. The van der Waals surface area contributed by atoms with Crippen molar-refractivity contribution in [3.05, 3.63) is 0 Å². The van der Waals surface area contributed by atoms with Crippen LogP contribution in [0.25, 0.3) is 0 Å². The molecule has 0 aliphatic heterocycles. The average molecular weight is 214 g/mol. The molecule has 0 aromatic heterocycles. The molecule has 0 saturated carbocycles. The van der Waals surface area contributed by atoms with E-state index in [0.29, 0.717) is 0 Å². The third-order valence-corrected chi connectivity index (χ3v) is 2.59. The maximum absolute atomic E-state index is 3.50. The van der Waals surface area contributed by atoms with E-state index in [0.717, 1.165) is 13.1 Å². The molecule has 0 fully saturated rings. The summed E-state index contributed by atoms with van der Waals surface area (Å²) < 4.78 is 0. The van der Waals surface area contributed by atoms with Crippen LogP contribution in [0.15, 0.2) is 0 Å². The van der Waals surface area contributed by atoms with Crippen molar-refractivity contribution in [1.29, 1.82) is 0 Å². The van der Waals surface area contributed by atoms with E-state index in [9.17, 15) is 0 Å². The molecule has 0 spiro atoms. The molecule has 0 radical (unpaired) electrons. The molecule has 0 unspecified atom stereocenters. The van der Waals surface area contributed by atoms with Gasteiger partial charge in [0.15, 0.2) is 0 Å². The van der Waals surface area contributed by atoms with E-state index in [1.807, 2.05) is 0 Å². The largest absolute Gasteiger partial charge is 0.317 e. The van der Waals surface area contributed by atoms with Gasteiger partial charge in [0.25, 0.3) is 0 Å². The Morgan fingerprint density at radius 2 is 1.13 bits per heavy atom. The van der Waals surface area contributed by atoms with Crippen molar-refractivity contribution >= 4 is 0 Å². The highest BCUT2D eigenvalue weighted by atomic mass is 14.9. The second-order valence-electron chi connectivity index (χ2n) is 4.27. The minimum absolute atomic E-state index is 1.16. The van der Waals surface area contributed by atoms with Crippen molar-refractivity contribution in [2.75, 3.05) is 26.2 Å². The number of rotatable bonds is 12. The van der Waals surface area contributed by atoms with E-state index in [1.54, 1.807) is 0 Å². The standard InChI is InChI=1S/C13H30N2/c1-3-5-6-7-8-11-15-13-9-12-14-10-4-2/h14-15H,3-13H2,1-2H3. The summed E-state index contributed by atoms with van der Waals surface area (Å²) in [6, 6.07) is 0. The third kappa shape index (κ3) is 13.9. The minimum Gasteiger partial charge on any atom is -0.317 e. The third-order valence-electron chi connectivity index (χ3n) is 2.59. The molecule has 0 rings (SSSR count). The zero-order valence-electron chi connectivity index (χ0n) is 10.8. The maximum Gasteiger partial charge on any atom is -0.00368 e. The van der Waals surface area contributed by atoms with Crippen LogP contribution in [-0.4, -0.2) is 26.2 Å². The van der Waals surface area contributed by atoms with Gasteiger partial charge in [-0.15, -0.1) is 0 Å². The Morgan fingerprint density at radius 3 is 1.80 bits per heavy atom. The lowest BCUT2D eigenvalue weighted by atomic mass is 10.1. The lowest BCUT2D eigenvalue weighted by Crippen LogP contribution is -2.23. The first kappa shape index (κ1) is 14.9. The van der Waals surface area contributed by atoms with E-state index < -0.39 is 0 Å². The van der Waals surface area contributed by atoms with Crippen molar-refractivity contribution in [2.45, 2.75) is 58.8 Å². The highest BCUT2D eigenvalue weighted by molar-refractivity contribution is 4.52. The molecule has 2 N–H and O–H groups in total. The van der Waals surface area contributed by atoms with Crippen LogP contribution in [0.3, 0.4) is 0 Å². The fourth-order valence-electron chi connectivity index (χ4n) is 1.62. The van der Waals surface area contributed by atoms with E-state index in [2.05, 4.69) is 24.5 Å². The van der Waals surface area contributed by atoms with Gasteiger partial charge in [-0.05, 0) is 45.4 Å². The Morgan fingerprint density at radius 1 is 0.533 bits per heavy atom. The molecule has 0 aliphatic carbocycles. The zero-order chi connectivity index (χ0) is 11.2. The predicted molar refractivity (Wildman–Crippen MR) is 69.4 cm³/mol. The molecule has 92 valence electrons. The normalized spacial score (nSPS) is 10.8. The molecular weight excluding hydrogens is 184 g/mol. The topological polar surface area (TPSA) is 24.1 Å². The van der Waals surface area contributed by atoms with Crippen molar-refractivity contribution in [2.24, 2.45) is 0 Å². The predicted octanol–water partition coefficient (Wildman–Crippen LogP) is 2.94. The van der Waals surface area contributed by atoms with Crippen LogP contribution in [0, 0.1) is 0 Å². The molecule has 0 aliphatic rings. The van der Waals surface area contributed by atoms with Gasteiger partial charge in [-0.2, -0.15) is 0 Å².